The third-order valence-corrected chi connectivity index (χ3v) is 1.63. The summed E-state index contributed by atoms with van der Waals surface area (Å²) in [5, 5.41) is 8.67. The average molecular weight is 146 g/mol. The van der Waals surface area contributed by atoms with Crippen LogP contribution in [-0.4, -0.2) is 23.4 Å². The van der Waals surface area contributed by atoms with Gasteiger partial charge in [-0.2, -0.15) is 0 Å². The van der Waals surface area contributed by atoms with Gasteiger partial charge in [0.2, 0.25) is 0 Å². The van der Waals surface area contributed by atoms with Gasteiger partial charge in [-0.05, 0) is 27.2 Å². The van der Waals surface area contributed by atoms with E-state index >= 15 is 0 Å². The molecule has 0 saturated heterocycles. The van der Waals surface area contributed by atoms with Crippen LogP contribution in [0.2, 0.25) is 0 Å². The van der Waals surface area contributed by atoms with Gasteiger partial charge in [0.1, 0.15) is 0 Å². The summed E-state index contributed by atoms with van der Waals surface area (Å²) in [7, 11) is 0. The van der Waals surface area contributed by atoms with Crippen LogP contribution in [0, 0.1) is 0 Å². The Labute approximate surface area is 63.2 Å². The van der Waals surface area contributed by atoms with E-state index in [-0.39, 0.29) is 18.3 Å². The zero-order valence-electron chi connectivity index (χ0n) is 7.35. The van der Waals surface area contributed by atoms with Crippen LogP contribution in [-0.2, 0) is 4.74 Å². The molecule has 2 heteroatoms. The van der Waals surface area contributed by atoms with Crippen molar-refractivity contribution in [3.63, 3.8) is 0 Å². The smallest absolute Gasteiger partial charge is 0.0784 e. The van der Waals surface area contributed by atoms with E-state index in [0.717, 1.165) is 6.42 Å². The molecule has 0 spiro atoms. The third kappa shape index (κ3) is 3.85. The number of hydrogen-bond acceptors (Lipinski definition) is 2. The molecule has 1 N–H and O–H groups in total. The maximum atomic E-state index is 8.67. The molecule has 0 radical (unpaired) electrons. The molecule has 0 amide bonds. The SMILES string of the molecule is CCC(C)(C)OC(C)CO. The average Bonchev–Trinajstić information content (AvgIpc) is 1.87. The normalized spacial score (nSPS) is 15.3. The van der Waals surface area contributed by atoms with Gasteiger partial charge < -0.3 is 9.84 Å². The number of ether oxygens (including phenoxy) is 1. The second-order valence-corrected chi connectivity index (χ2v) is 3.22. The molecule has 0 bridgehead atoms. The second-order valence-electron chi connectivity index (χ2n) is 3.22. The molecule has 0 aliphatic rings. The fourth-order valence-corrected chi connectivity index (χ4v) is 0.665. The highest BCUT2D eigenvalue weighted by Gasteiger charge is 2.17. The lowest BCUT2D eigenvalue weighted by Crippen LogP contribution is -2.30. The highest BCUT2D eigenvalue weighted by molar-refractivity contribution is 4.67. The maximum absolute atomic E-state index is 8.67. The molecule has 10 heavy (non-hydrogen) atoms. The molecule has 0 aromatic rings. The number of aliphatic hydroxyl groups is 1. The molecule has 62 valence electrons. The first-order chi connectivity index (χ1) is 4.52. The predicted molar refractivity (Wildman–Crippen MR) is 42.0 cm³/mol. The van der Waals surface area contributed by atoms with E-state index in [1.54, 1.807) is 0 Å². The van der Waals surface area contributed by atoms with E-state index in [1.165, 1.54) is 0 Å². The summed E-state index contributed by atoms with van der Waals surface area (Å²) in [6.45, 7) is 8.10. The van der Waals surface area contributed by atoms with Crippen LogP contribution in [0.1, 0.15) is 34.1 Å². The van der Waals surface area contributed by atoms with Crippen LogP contribution in [0.3, 0.4) is 0 Å². The van der Waals surface area contributed by atoms with Gasteiger partial charge in [-0.3, -0.25) is 0 Å². The highest BCUT2D eigenvalue weighted by Crippen LogP contribution is 2.15. The van der Waals surface area contributed by atoms with Crippen LogP contribution in [0.25, 0.3) is 0 Å². The van der Waals surface area contributed by atoms with Gasteiger partial charge in [0.25, 0.3) is 0 Å². The van der Waals surface area contributed by atoms with Crippen LogP contribution < -0.4 is 0 Å². The van der Waals surface area contributed by atoms with Crippen LogP contribution in [0.4, 0.5) is 0 Å². The van der Waals surface area contributed by atoms with Gasteiger partial charge >= 0.3 is 0 Å². The van der Waals surface area contributed by atoms with E-state index in [2.05, 4.69) is 6.92 Å². The van der Waals surface area contributed by atoms with Crippen molar-refractivity contribution in [3.8, 4) is 0 Å². The molecule has 0 fully saturated rings. The van der Waals surface area contributed by atoms with E-state index in [0.29, 0.717) is 0 Å². The topological polar surface area (TPSA) is 29.5 Å². The van der Waals surface area contributed by atoms with E-state index in [4.69, 9.17) is 9.84 Å². The largest absolute Gasteiger partial charge is 0.394 e. The number of hydrogen-bond donors (Lipinski definition) is 1. The summed E-state index contributed by atoms with van der Waals surface area (Å²) in [5.74, 6) is 0. The Morgan fingerprint density at radius 1 is 1.50 bits per heavy atom. The minimum Gasteiger partial charge on any atom is -0.394 e. The van der Waals surface area contributed by atoms with Crippen molar-refractivity contribution >= 4 is 0 Å². The molecule has 0 saturated carbocycles. The summed E-state index contributed by atoms with van der Waals surface area (Å²) in [5.41, 5.74) is -0.0951. The van der Waals surface area contributed by atoms with Crippen molar-refractivity contribution in [3.05, 3.63) is 0 Å². The summed E-state index contributed by atoms with van der Waals surface area (Å²) in [6, 6.07) is 0. The predicted octanol–water partition coefficient (Wildman–Crippen LogP) is 1.57. The van der Waals surface area contributed by atoms with Gasteiger partial charge in [-0.25, -0.2) is 0 Å². The van der Waals surface area contributed by atoms with E-state index < -0.39 is 0 Å². The summed E-state index contributed by atoms with van der Waals surface area (Å²) >= 11 is 0. The molecule has 0 aliphatic carbocycles. The lowest BCUT2D eigenvalue weighted by atomic mass is 10.1. The van der Waals surface area contributed by atoms with E-state index in [9.17, 15) is 0 Å². The van der Waals surface area contributed by atoms with Gasteiger partial charge in [-0.1, -0.05) is 6.92 Å². The van der Waals surface area contributed by atoms with Crippen molar-refractivity contribution < 1.29 is 9.84 Å². The quantitative estimate of drug-likeness (QED) is 0.652. The molecule has 2 nitrogen and oxygen atoms in total. The van der Waals surface area contributed by atoms with Gasteiger partial charge in [0, 0.05) is 0 Å². The van der Waals surface area contributed by atoms with Crippen molar-refractivity contribution in [1.82, 2.24) is 0 Å². The summed E-state index contributed by atoms with van der Waals surface area (Å²) in [6.07, 6.45) is 0.923. The fraction of sp³-hybridized carbons (Fsp3) is 1.00. The first-order valence-electron chi connectivity index (χ1n) is 3.80. The molecule has 1 unspecified atom stereocenters. The summed E-state index contributed by atoms with van der Waals surface area (Å²) in [4.78, 5) is 0. The zero-order valence-corrected chi connectivity index (χ0v) is 7.35. The van der Waals surface area contributed by atoms with Crippen LogP contribution >= 0.6 is 0 Å². The van der Waals surface area contributed by atoms with E-state index in [1.807, 2.05) is 20.8 Å². The molecule has 0 heterocycles. The molecular weight excluding hydrogens is 128 g/mol. The number of rotatable bonds is 4. The lowest BCUT2D eigenvalue weighted by molar-refractivity contribution is -0.0833. The number of aliphatic hydroxyl groups excluding tert-OH is 1. The van der Waals surface area contributed by atoms with Crippen LogP contribution in [0.15, 0.2) is 0 Å². The fourth-order valence-electron chi connectivity index (χ4n) is 0.665. The van der Waals surface area contributed by atoms with Gasteiger partial charge in [0.15, 0.2) is 0 Å². The highest BCUT2D eigenvalue weighted by atomic mass is 16.5. The Hall–Kier alpha value is -0.0800. The monoisotopic (exact) mass is 146 g/mol. The minimum atomic E-state index is -0.0951. The first kappa shape index (κ1) is 9.92. The Kier molecular flexibility index (Phi) is 3.91. The standard InChI is InChI=1S/C8H18O2/c1-5-8(3,4)10-7(2)6-9/h7,9H,5-6H2,1-4H3. The Balaban J connectivity index is 3.64. The van der Waals surface area contributed by atoms with Crippen LogP contribution in [0.5, 0.6) is 0 Å². The zero-order chi connectivity index (χ0) is 8.20. The first-order valence-corrected chi connectivity index (χ1v) is 3.80. The Bertz CT molecular complexity index is 89.3. The van der Waals surface area contributed by atoms with Crippen molar-refractivity contribution in [2.45, 2.75) is 45.8 Å². The summed E-state index contributed by atoms with van der Waals surface area (Å²) < 4.78 is 5.49. The molecule has 1 atom stereocenters. The van der Waals surface area contributed by atoms with Crippen molar-refractivity contribution in [2.75, 3.05) is 6.61 Å². The molecule has 0 aromatic carbocycles. The lowest BCUT2D eigenvalue weighted by Gasteiger charge is -2.26. The van der Waals surface area contributed by atoms with Crippen molar-refractivity contribution in [1.29, 1.82) is 0 Å². The molecule has 0 aromatic heterocycles. The second kappa shape index (κ2) is 3.94. The van der Waals surface area contributed by atoms with Gasteiger partial charge in [0.05, 0.1) is 18.3 Å². The minimum absolute atomic E-state index is 0.0463. The Morgan fingerprint density at radius 3 is 2.30 bits per heavy atom. The molecule has 0 rings (SSSR count). The molecule has 0 aliphatic heterocycles. The molecular formula is C8H18O2. The van der Waals surface area contributed by atoms with Crippen molar-refractivity contribution in [2.24, 2.45) is 0 Å². The maximum Gasteiger partial charge on any atom is 0.0784 e. The third-order valence-electron chi connectivity index (χ3n) is 1.63. The van der Waals surface area contributed by atoms with Gasteiger partial charge in [-0.15, -0.1) is 0 Å². The Morgan fingerprint density at radius 2 is 2.00 bits per heavy atom.